The minimum Gasteiger partial charge on any atom is -0.378 e. The van der Waals surface area contributed by atoms with E-state index in [4.69, 9.17) is 9.47 Å². The molecule has 1 atom stereocenters. The van der Waals surface area contributed by atoms with Gasteiger partial charge in [0.25, 0.3) is 5.91 Å². The number of benzene rings is 1. The number of ether oxygens (including phenoxy) is 2. The number of morpholine rings is 1. The van der Waals surface area contributed by atoms with Crippen LogP contribution in [0.25, 0.3) is 0 Å². The second kappa shape index (κ2) is 6.24. The van der Waals surface area contributed by atoms with Crippen molar-refractivity contribution in [2.45, 2.75) is 18.9 Å². The van der Waals surface area contributed by atoms with Crippen LogP contribution in [0.15, 0.2) is 24.3 Å². The van der Waals surface area contributed by atoms with Gasteiger partial charge in [0.15, 0.2) is 0 Å². The first-order valence-corrected chi connectivity index (χ1v) is 7.18. The molecule has 0 bridgehead atoms. The lowest BCUT2D eigenvalue weighted by Crippen LogP contribution is -2.36. The largest absolute Gasteiger partial charge is 0.378 e. The summed E-state index contributed by atoms with van der Waals surface area (Å²) in [4.78, 5) is 14.3. The highest BCUT2D eigenvalue weighted by molar-refractivity contribution is 5.94. The third kappa shape index (κ3) is 3.11. The Kier molecular flexibility index (Phi) is 4.18. The first-order chi connectivity index (χ1) is 9.83. The summed E-state index contributed by atoms with van der Waals surface area (Å²) in [7, 11) is 0. The van der Waals surface area contributed by atoms with Gasteiger partial charge in [-0.3, -0.25) is 4.79 Å². The van der Waals surface area contributed by atoms with E-state index < -0.39 is 0 Å². The van der Waals surface area contributed by atoms with Crippen molar-refractivity contribution < 1.29 is 14.3 Å². The Labute approximate surface area is 118 Å². The number of nitrogens with one attached hydrogen (secondary N) is 1. The maximum absolute atomic E-state index is 12.0. The Morgan fingerprint density at radius 3 is 2.85 bits per heavy atom. The van der Waals surface area contributed by atoms with Gasteiger partial charge in [0.05, 0.1) is 13.2 Å². The van der Waals surface area contributed by atoms with Crippen LogP contribution in [-0.4, -0.2) is 44.9 Å². The van der Waals surface area contributed by atoms with Gasteiger partial charge in [-0.05, 0) is 31.0 Å². The molecule has 2 fully saturated rings. The topological polar surface area (TPSA) is 50.8 Å². The molecule has 0 spiro atoms. The Bertz CT molecular complexity index is 466. The fourth-order valence-corrected chi connectivity index (χ4v) is 2.61. The molecular formula is C15H20N2O3. The first-order valence-electron chi connectivity index (χ1n) is 7.18. The van der Waals surface area contributed by atoms with Crippen molar-refractivity contribution in [3.05, 3.63) is 24.3 Å². The van der Waals surface area contributed by atoms with Crippen LogP contribution in [0, 0.1) is 0 Å². The van der Waals surface area contributed by atoms with E-state index in [0.29, 0.717) is 6.61 Å². The van der Waals surface area contributed by atoms with E-state index in [1.54, 1.807) is 0 Å². The van der Waals surface area contributed by atoms with Gasteiger partial charge in [0.1, 0.15) is 6.10 Å². The Morgan fingerprint density at radius 2 is 2.10 bits per heavy atom. The lowest BCUT2D eigenvalue weighted by molar-refractivity contribution is -0.124. The summed E-state index contributed by atoms with van der Waals surface area (Å²) in [5.41, 5.74) is 1.95. The molecule has 0 aliphatic carbocycles. The first kappa shape index (κ1) is 13.4. The quantitative estimate of drug-likeness (QED) is 0.912. The number of carbonyl (C=O) groups excluding carboxylic acids is 1. The zero-order valence-electron chi connectivity index (χ0n) is 11.5. The van der Waals surface area contributed by atoms with E-state index in [9.17, 15) is 4.79 Å². The van der Waals surface area contributed by atoms with Gasteiger partial charge in [0.2, 0.25) is 0 Å². The summed E-state index contributed by atoms with van der Waals surface area (Å²) < 4.78 is 10.8. The molecule has 1 unspecified atom stereocenters. The lowest BCUT2D eigenvalue weighted by Gasteiger charge is -2.29. The minimum atomic E-state index is -0.290. The van der Waals surface area contributed by atoms with Crippen molar-refractivity contribution in [3.8, 4) is 0 Å². The standard InChI is InChI=1S/C15H20N2O3/c18-15(14-5-2-8-20-14)16-12-3-1-4-13(11-12)17-6-9-19-10-7-17/h1,3-4,11,14H,2,5-10H2,(H,16,18). The molecule has 108 valence electrons. The number of rotatable bonds is 3. The van der Waals surface area contributed by atoms with Gasteiger partial charge < -0.3 is 19.7 Å². The Hall–Kier alpha value is -1.59. The molecule has 1 amide bonds. The van der Waals surface area contributed by atoms with Gasteiger partial charge in [-0.1, -0.05) is 6.07 Å². The molecule has 20 heavy (non-hydrogen) atoms. The van der Waals surface area contributed by atoms with E-state index in [1.807, 2.05) is 18.2 Å². The normalized spacial score (nSPS) is 22.8. The Balaban J connectivity index is 1.65. The van der Waals surface area contributed by atoms with Crippen LogP contribution in [0.3, 0.4) is 0 Å². The van der Waals surface area contributed by atoms with E-state index in [0.717, 1.165) is 50.5 Å². The molecule has 2 aliphatic heterocycles. The van der Waals surface area contributed by atoms with Crippen LogP contribution in [0.4, 0.5) is 11.4 Å². The van der Waals surface area contributed by atoms with Crippen molar-refractivity contribution in [2.24, 2.45) is 0 Å². The average molecular weight is 276 g/mol. The van der Waals surface area contributed by atoms with Gasteiger partial charge in [-0.2, -0.15) is 0 Å². The predicted molar refractivity (Wildman–Crippen MR) is 77.1 cm³/mol. The third-order valence-corrected chi connectivity index (χ3v) is 3.71. The summed E-state index contributed by atoms with van der Waals surface area (Å²) in [5, 5.41) is 2.94. The number of hydrogen-bond acceptors (Lipinski definition) is 4. The third-order valence-electron chi connectivity index (χ3n) is 3.71. The van der Waals surface area contributed by atoms with Crippen LogP contribution in [-0.2, 0) is 14.3 Å². The molecule has 0 saturated carbocycles. The lowest BCUT2D eigenvalue weighted by atomic mass is 10.2. The van der Waals surface area contributed by atoms with Crippen molar-refractivity contribution in [1.82, 2.24) is 0 Å². The molecule has 2 aliphatic rings. The van der Waals surface area contributed by atoms with E-state index in [2.05, 4.69) is 16.3 Å². The van der Waals surface area contributed by atoms with E-state index in [1.165, 1.54) is 0 Å². The zero-order chi connectivity index (χ0) is 13.8. The maximum Gasteiger partial charge on any atom is 0.253 e. The Morgan fingerprint density at radius 1 is 1.25 bits per heavy atom. The van der Waals surface area contributed by atoms with Crippen LogP contribution >= 0.6 is 0 Å². The fraction of sp³-hybridized carbons (Fsp3) is 0.533. The van der Waals surface area contributed by atoms with Crippen LogP contribution < -0.4 is 10.2 Å². The molecule has 1 aromatic rings. The van der Waals surface area contributed by atoms with Gasteiger partial charge in [-0.15, -0.1) is 0 Å². The van der Waals surface area contributed by atoms with E-state index in [-0.39, 0.29) is 12.0 Å². The SMILES string of the molecule is O=C(Nc1cccc(N2CCOCC2)c1)C1CCCO1. The second-order valence-electron chi connectivity index (χ2n) is 5.14. The van der Waals surface area contributed by atoms with Crippen molar-refractivity contribution >= 4 is 17.3 Å². The summed E-state index contributed by atoms with van der Waals surface area (Å²) in [5.74, 6) is -0.0402. The highest BCUT2D eigenvalue weighted by atomic mass is 16.5. The van der Waals surface area contributed by atoms with Crippen molar-refractivity contribution in [1.29, 1.82) is 0 Å². The predicted octanol–water partition coefficient (Wildman–Crippen LogP) is 1.64. The van der Waals surface area contributed by atoms with Crippen LogP contribution in [0.5, 0.6) is 0 Å². The van der Waals surface area contributed by atoms with Gasteiger partial charge >= 0.3 is 0 Å². The minimum absolute atomic E-state index is 0.0402. The van der Waals surface area contributed by atoms with Gasteiger partial charge in [0, 0.05) is 31.1 Å². The molecule has 2 saturated heterocycles. The van der Waals surface area contributed by atoms with Crippen LogP contribution in [0.1, 0.15) is 12.8 Å². The summed E-state index contributed by atoms with van der Waals surface area (Å²) in [6.45, 7) is 3.98. The molecule has 0 aromatic heterocycles. The molecule has 0 radical (unpaired) electrons. The highest BCUT2D eigenvalue weighted by Crippen LogP contribution is 2.21. The molecule has 3 rings (SSSR count). The monoisotopic (exact) mass is 276 g/mol. The fourth-order valence-electron chi connectivity index (χ4n) is 2.61. The summed E-state index contributed by atoms with van der Waals surface area (Å²) in [6.07, 6.45) is 1.49. The zero-order valence-corrected chi connectivity index (χ0v) is 11.5. The molecule has 5 nitrogen and oxygen atoms in total. The molecule has 1 aromatic carbocycles. The van der Waals surface area contributed by atoms with Crippen LogP contribution in [0.2, 0.25) is 0 Å². The second-order valence-corrected chi connectivity index (χ2v) is 5.14. The molecule has 2 heterocycles. The highest BCUT2D eigenvalue weighted by Gasteiger charge is 2.23. The average Bonchev–Trinajstić information content (AvgIpc) is 3.03. The number of hydrogen-bond donors (Lipinski definition) is 1. The number of carbonyl (C=O) groups is 1. The number of nitrogens with zero attached hydrogens (tertiary/aromatic N) is 1. The molecule has 5 heteroatoms. The number of anilines is 2. The smallest absolute Gasteiger partial charge is 0.253 e. The molecule has 1 N–H and O–H groups in total. The maximum atomic E-state index is 12.0. The summed E-state index contributed by atoms with van der Waals surface area (Å²) >= 11 is 0. The molecular weight excluding hydrogens is 256 g/mol. The number of amides is 1. The van der Waals surface area contributed by atoms with Crippen molar-refractivity contribution in [2.75, 3.05) is 43.1 Å². The van der Waals surface area contributed by atoms with Gasteiger partial charge in [-0.25, -0.2) is 0 Å². The van der Waals surface area contributed by atoms with Crippen molar-refractivity contribution in [3.63, 3.8) is 0 Å². The summed E-state index contributed by atoms with van der Waals surface area (Å²) in [6, 6.07) is 7.96. The van der Waals surface area contributed by atoms with E-state index >= 15 is 0 Å².